The minimum atomic E-state index is 0.0415. The Hall–Kier alpha value is -0.0551. The maximum absolute atomic E-state index is 5.71. The Morgan fingerprint density at radius 2 is 2.25 bits per heavy atom. The van der Waals surface area contributed by atoms with Crippen LogP contribution in [0.4, 0.5) is 0 Å². The first-order chi connectivity index (χ1) is 5.77. The first kappa shape index (κ1) is 10.0. The van der Waals surface area contributed by atoms with E-state index in [2.05, 4.69) is 0 Å². The lowest BCUT2D eigenvalue weighted by Gasteiger charge is -2.33. The predicted molar refractivity (Wildman–Crippen MR) is 46.5 cm³/mol. The van der Waals surface area contributed by atoms with Gasteiger partial charge in [-0.05, 0) is 6.42 Å². The average molecular weight is 170 g/mol. The summed E-state index contributed by atoms with van der Waals surface area (Å²) in [4.78, 5) is 0. The Morgan fingerprint density at radius 1 is 1.50 bits per heavy atom. The summed E-state index contributed by atoms with van der Waals surface area (Å²) in [5.41, 5.74) is 0. The normalized spacial score (nSPS) is 36.7. The van der Waals surface area contributed by atoms with Crippen molar-refractivity contribution in [2.75, 3.05) is 27.4 Å². The van der Waals surface area contributed by atoms with Crippen molar-refractivity contribution in [1.82, 2.24) is 0 Å². The molecule has 12 heavy (non-hydrogen) atoms. The van der Waals surface area contributed by atoms with Gasteiger partial charge in [0.2, 0.25) is 0 Å². The molecule has 1 aliphatic rings. The highest BCUT2D eigenvalue weighted by atomic mass is 16.6. The van der Waals surface area contributed by atoms with Gasteiger partial charge in [-0.1, -0.05) is 5.82 Å². The van der Waals surface area contributed by atoms with Gasteiger partial charge in [0.25, 0.3) is 0 Å². The van der Waals surface area contributed by atoms with Crippen molar-refractivity contribution in [2.24, 2.45) is 0 Å². The van der Waals surface area contributed by atoms with Gasteiger partial charge >= 0.3 is 0 Å². The molecule has 0 amide bonds. The lowest BCUT2D eigenvalue weighted by Crippen LogP contribution is -2.40. The summed E-state index contributed by atoms with van der Waals surface area (Å²) in [6, 6.07) is 0. The van der Waals surface area contributed by atoms with Crippen molar-refractivity contribution >= 4 is 7.85 Å². The van der Waals surface area contributed by atoms with Crippen LogP contribution >= 0.6 is 0 Å². The van der Waals surface area contributed by atoms with Gasteiger partial charge in [0, 0.05) is 20.8 Å². The highest BCUT2D eigenvalue weighted by Crippen LogP contribution is 2.23. The molecule has 0 aromatic carbocycles. The standard InChI is InChI=1S/C8H15BO3/c1-10-5-8-7(11-2)3-6(9)4-12-8/h6-8H,3-5H2,1-2H3/t6?,7-,8-/m0/s1. The van der Waals surface area contributed by atoms with Crippen LogP contribution in [0.1, 0.15) is 6.42 Å². The van der Waals surface area contributed by atoms with E-state index >= 15 is 0 Å². The molecule has 3 atom stereocenters. The lowest BCUT2D eigenvalue weighted by molar-refractivity contribution is -0.113. The zero-order valence-corrected chi connectivity index (χ0v) is 7.66. The van der Waals surface area contributed by atoms with Crippen molar-refractivity contribution in [1.29, 1.82) is 0 Å². The van der Waals surface area contributed by atoms with Crippen LogP contribution in [-0.4, -0.2) is 47.5 Å². The molecule has 4 heteroatoms. The molecule has 0 aromatic rings. The van der Waals surface area contributed by atoms with Gasteiger partial charge in [0.1, 0.15) is 6.10 Å². The Kier molecular flexibility index (Phi) is 4.05. The largest absolute Gasteiger partial charge is 0.382 e. The fraction of sp³-hybridized carbons (Fsp3) is 1.00. The third kappa shape index (κ3) is 2.47. The van der Waals surface area contributed by atoms with Crippen LogP contribution < -0.4 is 0 Å². The molecule has 68 valence electrons. The van der Waals surface area contributed by atoms with Crippen molar-refractivity contribution in [3.8, 4) is 0 Å². The van der Waals surface area contributed by atoms with E-state index in [1.807, 2.05) is 0 Å². The molecule has 0 aromatic heterocycles. The summed E-state index contributed by atoms with van der Waals surface area (Å²) in [5, 5.41) is 0. The second kappa shape index (κ2) is 4.85. The average Bonchev–Trinajstić information content (AvgIpc) is 2.08. The number of methoxy groups -OCH3 is 2. The molecule has 0 bridgehead atoms. The first-order valence-corrected chi connectivity index (χ1v) is 4.16. The Morgan fingerprint density at radius 3 is 2.83 bits per heavy atom. The molecule has 1 aliphatic heterocycles. The highest BCUT2D eigenvalue weighted by Gasteiger charge is 2.28. The van der Waals surface area contributed by atoms with Gasteiger partial charge in [0.05, 0.1) is 20.6 Å². The summed E-state index contributed by atoms with van der Waals surface area (Å²) >= 11 is 0. The van der Waals surface area contributed by atoms with Gasteiger partial charge in [0.15, 0.2) is 0 Å². The Balaban J connectivity index is 2.39. The topological polar surface area (TPSA) is 27.7 Å². The van der Waals surface area contributed by atoms with Gasteiger partial charge in [-0.3, -0.25) is 0 Å². The van der Waals surface area contributed by atoms with E-state index < -0.39 is 0 Å². The predicted octanol–water partition coefficient (Wildman–Crippen LogP) is 0.394. The number of hydrogen-bond donors (Lipinski definition) is 0. The van der Waals surface area contributed by atoms with E-state index in [1.165, 1.54) is 0 Å². The van der Waals surface area contributed by atoms with Crippen LogP contribution in [-0.2, 0) is 14.2 Å². The molecule has 2 radical (unpaired) electrons. The minimum absolute atomic E-state index is 0.0415. The highest BCUT2D eigenvalue weighted by molar-refractivity contribution is 6.11. The molecular weight excluding hydrogens is 155 g/mol. The van der Waals surface area contributed by atoms with Crippen LogP contribution in [0.5, 0.6) is 0 Å². The first-order valence-electron chi connectivity index (χ1n) is 4.16. The van der Waals surface area contributed by atoms with Crippen LogP contribution in [0.3, 0.4) is 0 Å². The maximum atomic E-state index is 5.71. The maximum Gasteiger partial charge on any atom is 0.107 e. The van der Waals surface area contributed by atoms with E-state index in [4.69, 9.17) is 22.1 Å². The van der Waals surface area contributed by atoms with Crippen molar-refractivity contribution in [3.63, 3.8) is 0 Å². The van der Waals surface area contributed by atoms with Gasteiger partial charge in [-0.25, -0.2) is 0 Å². The molecule has 1 heterocycles. The van der Waals surface area contributed by atoms with Crippen molar-refractivity contribution < 1.29 is 14.2 Å². The van der Waals surface area contributed by atoms with E-state index in [0.29, 0.717) is 13.2 Å². The monoisotopic (exact) mass is 170 g/mol. The van der Waals surface area contributed by atoms with Gasteiger partial charge < -0.3 is 14.2 Å². The third-order valence-electron chi connectivity index (χ3n) is 2.11. The SMILES string of the molecule is [B]C1CO[C@@H](COC)[C@@H](OC)C1. The summed E-state index contributed by atoms with van der Waals surface area (Å²) in [5.74, 6) is 0.100. The Labute approximate surface area is 74.8 Å². The third-order valence-corrected chi connectivity index (χ3v) is 2.11. The Bertz CT molecular complexity index is 131. The van der Waals surface area contributed by atoms with E-state index in [0.717, 1.165) is 6.42 Å². The lowest BCUT2D eigenvalue weighted by atomic mass is 9.80. The summed E-state index contributed by atoms with van der Waals surface area (Å²) in [7, 11) is 9.05. The molecule has 3 nitrogen and oxygen atoms in total. The van der Waals surface area contributed by atoms with Crippen molar-refractivity contribution in [2.45, 2.75) is 24.4 Å². The van der Waals surface area contributed by atoms with Gasteiger partial charge in [-0.15, -0.1) is 0 Å². The zero-order valence-electron chi connectivity index (χ0n) is 7.66. The molecule has 1 unspecified atom stereocenters. The van der Waals surface area contributed by atoms with E-state index in [9.17, 15) is 0 Å². The van der Waals surface area contributed by atoms with Crippen LogP contribution in [0.2, 0.25) is 5.82 Å². The molecule has 1 saturated heterocycles. The molecular formula is C8H15BO3. The summed E-state index contributed by atoms with van der Waals surface area (Å²) in [6.07, 6.45) is 0.971. The van der Waals surface area contributed by atoms with Crippen LogP contribution in [0.25, 0.3) is 0 Å². The van der Waals surface area contributed by atoms with Gasteiger partial charge in [-0.2, -0.15) is 0 Å². The molecule has 1 rings (SSSR count). The minimum Gasteiger partial charge on any atom is -0.382 e. The number of rotatable bonds is 3. The second-order valence-electron chi connectivity index (χ2n) is 3.10. The fourth-order valence-corrected chi connectivity index (χ4v) is 1.44. The van der Waals surface area contributed by atoms with Crippen molar-refractivity contribution in [3.05, 3.63) is 0 Å². The molecule has 0 saturated carbocycles. The van der Waals surface area contributed by atoms with Crippen LogP contribution in [0, 0.1) is 0 Å². The molecule has 0 spiro atoms. The number of hydrogen-bond acceptors (Lipinski definition) is 3. The molecule has 0 N–H and O–H groups in total. The van der Waals surface area contributed by atoms with E-state index in [1.54, 1.807) is 14.2 Å². The summed E-state index contributed by atoms with van der Waals surface area (Å²) < 4.78 is 15.7. The fourth-order valence-electron chi connectivity index (χ4n) is 1.44. The van der Waals surface area contributed by atoms with E-state index in [-0.39, 0.29) is 18.0 Å². The molecule has 0 aliphatic carbocycles. The van der Waals surface area contributed by atoms with Crippen LogP contribution in [0.15, 0.2) is 0 Å². The smallest absolute Gasteiger partial charge is 0.107 e. The second-order valence-corrected chi connectivity index (χ2v) is 3.10. The molecule has 1 fully saturated rings. The summed E-state index contributed by atoms with van der Waals surface area (Å²) in [6.45, 7) is 1.18. The number of ether oxygens (including phenoxy) is 3. The quantitative estimate of drug-likeness (QED) is 0.573. The zero-order chi connectivity index (χ0) is 8.97.